The first-order valence-corrected chi connectivity index (χ1v) is 10.4. The van der Waals surface area contributed by atoms with Crippen LogP contribution in [0.2, 0.25) is 0 Å². The lowest BCUT2D eigenvalue weighted by atomic mass is 10.1. The predicted molar refractivity (Wildman–Crippen MR) is 119 cm³/mol. The van der Waals surface area contributed by atoms with E-state index in [2.05, 4.69) is 20.2 Å². The maximum atomic E-state index is 13.3. The number of hydrogen-bond acceptors (Lipinski definition) is 5. The Bertz CT molecular complexity index is 1560. The predicted octanol–water partition coefficient (Wildman–Crippen LogP) is 4.43. The molecule has 0 atom stereocenters. The first-order valence-electron chi connectivity index (χ1n) is 10.4. The van der Waals surface area contributed by atoms with Gasteiger partial charge in [-0.25, -0.2) is 9.97 Å². The van der Waals surface area contributed by atoms with Gasteiger partial charge in [0.05, 0.1) is 6.33 Å². The molecule has 0 fully saturated rings. The molecular formula is C23H18F3N7O. The van der Waals surface area contributed by atoms with Gasteiger partial charge in [0.15, 0.2) is 11.5 Å². The number of aromatic nitrogens is 7. The van der Waals surface area contributed by atoms with E-state index in [1.165, 1.54) is 15.2 Å². The SMILES string of the molecule is CC(C)n1cnnc1-c1cccc(-n2ccc3ccc(-n4cnc(C(F)(F)F)c4)cc3c2=O)n1. The molecule has 0 aliphatic carbocycles. The van der Waals surface area contributed by atoms with Crippen LogP contribution in [0.5, 0.6) is 0 Å². The molecule has 5 rings (SSSR count). The molecule has 0 radical (unpaired) electrons. The van der Waals surface area contributed by atoms with Crippen molar-refractivity contribution in [1.29, 1.82) is 0 Å². The second-order valence-corrected chi connectivity index (χ2v) is 7.96. The van der Waals surface area contributed by atoms with E-state index < -0.39 is 11.9 Å². The fourth-order valence-corrected chi connectivity index (χ4v) is 3.66. The van der Waals surface area contributed by atoms with Crippen molar-refractivity contribution in [3.05, 3.63) is 83.6 Å². The summed E-state index contributed by atoms with van der Waals surface area (Å²) in [5.41, 5.74) is -0.418. The Hall–Kier alpha value is -4.28. The van der Waals surface area contributed by atoms with Crippen LogP contribution in [0, 0.1) is 0 Å². The van der Waals surface area contributed by atoms with Crippen molar-refractivity contribution in [1.82, 2.24) is 33.9 Å². The zero-order chi connectivity index (χ0) is 24.0. The summed E-state index contributed by atoms with van der Waals surface area (Å²) in [7, 11) is 0. The lowest BCUT2D eigenvalue weighted by Crippen LogP contribution is -2.19. The normalized spacial score (nSPS) is 12.1. The van der Waals surface area contributed by atoms with Gasteiger partial charge in [-0.2, -0.15) is 13.2 Å². The number of rotatable bonds is 4. The molecule has 0 spiro atoms. The number of nitrogens with zero attached hydrogens (tertiary/aromatic N) is 7. The summed E-state index contributed by atoms with van der Waals surface area (Å²) in [5, 5.41) is 9.10. The third-order valence-electron chi connectivity index (χ3n) is 5.40. The maximum Gasteiger partial charge on any atom is 0.434 e. The Kier molecular flexibility index (Phi) is 5.03. The average molecular weight is 465 g/mol. The van der Waals surface area contributed by atoms with Crippen molar-refractivity contribution in [2.75, 3.05) is 0 Å². The summed E-state index contributed by atoms with van der Waals surface area (Å²) in [6, 6.07) is 12.0. The molecule has 0 N–H and O–H groups in total. The van der Waals surface area contributed by atoms with E-state index in [0.717, 1.165) is 12.5 Å². The summed E-state index contributed by atoms with van der Waals surface area (Å²) in [5.74, 6) is 0.962. The van der Waals surface area contributed by atoms with E-state index in [1.807, 2.05) is 18.4 Å². The zero-order valence-corrected chi connectivity index (χ0v) is 18.1. The fourth-order valence-electron chi connectivity index (χ4n) is 3.66. The van der Waals surface area contributed by atoms with Crippen LogP contribution in [0.15, 0.2) is 72.3 Å². The Balaban J connectivity index is 1.59. The van der Waals surface area contributed by atoms with Crippen molar-refractivity contribution >= 4 is 10.8 Å². The van der Waals surface area contributed by atoms with E-state index in [1.54, 1.807) is 48.9 Å². The maximum absolute atomic E-state index is 13.3. The van der Waals surface area contributed by atoms with Gasteiger partial charge in [0.1, 0.15) is 17.8 Å². The highest BCUT2D eigenvalue weighted by atomic mass is 19.4. The highest BCUT2D eigenvalue weighted by molar-refractivity contribution is 5.83. The minimum atomic E-state index is -4.55. The third-order valence-corrected chi connectivity index (χ3v) is 5.40. The first-order chi connectivity index (χ1) is 16.2. The van der Waals surface area contributed by atoms with Crippen LogP contribution in [-0.4, -0.2) is 33.9 Å². The first kappa shape index (κ1) is 21.6. The van der Waals surface area contributed by atoms with Gasteiger partial charge in [-0.3, -0.25) is 9.36 Å². The van der Waals surface area contributed by atoms with Gasteiger partial charge < -0.3 is 9.13 Å². The van der Waals surface area contributed by atoms with Gasteiger partial charge in [-0.15, -0.1) is 10.2 Å². The molecule has 0 saturated heterocycles. The molecule has 5 aromatic rings. The van der Waals surface area contributed by atoms with E-state index in [-0.39, 0.29) is 11.6 Å². The molecule has 4 heterocycles. The average Bonchev–Trinajstić information content (AvgIpc) is 3.49. The Morgan fingerprint density at radius 3 is 2.59 bits per heavy atom. The third kappa shape index (κ3) is 3.74. The zero-order valence-electron chi connectivity index (χ0n) is 18.1. The summed E-state index contributed by atoms with van der Waals surface area (Å²) in [6.07, 6.45) is 0.645. The van der Waals surface area contributed by atoms with Crippen LogP contribution in [0.4, 0.5) is 13.2 Å². The Morgan fingerprint density at radius 1 is 1.03 bits per heavy atom. The topological polar surface area (TPSA) is 83.4 Å². The molecule has 0 aliphatic heterocycles. The number of pyridine rings is 2. The van der Waals surface area contributed by atoms with Gasteiger partial charge in [0.25, 0.3) is 5.56 Å². The standard InChI is InChI=1S/C23H18F3N7O/c1-14(2)33-13-28-30-21(33)18-4-3-5-20(29-18)32-9-8-15-6-7-16(10-17(15)22(32)34)31-11-19(27-12-31)23(24,25)26/h3-14H,1-2H3. The molecule has 11 heteroatoms. The lowest BCUT2D eigenvalue weighted by Gasteiger charge is -2.11. The second kappa shape index (κ2) is 7.94. The van der Waals surface area contributed by atoms with Crippen LogP contribution in [0.25, 0.3) is 33.8 Å². The summed E-state index contributed by atoms with van der Waals surface area (Å²) in [4.78, 5) is 21.4. The smallest absolute Gasteiger partial charge is 0.310 e. The molecule has 1 aromatic carbocycles. The number of imidazole rings is 1. The highest BCUT2D eigenvalue weighted by Crippen LogP contribution is 2.28. The number of halogens is 3. The summed E-state index contributed by atoms with van der Waals surface area (Å²) >= 11 is 0. The van der Waals surface area contributed by atoms with Gasteiger partial charge >= 0.3 is 6.18 Å². The number of hydrogen-bond donors (Lipinski definition) is 0. The van der Waals surface area contributed by atoms with Crippen molar-refractivity contribution in [2.45, 2.75) is 26.1 Å². The molecule has 0 aliphatic rings. The van der Waals surface area contributed by atoms with E-state index in [4.69, 9.17) is 0 Å². The van der Waals surface area contributed by atoms with Gasteiger partial charge in [0, 0.05) is 29.5 Å². The van der Waals surface area contributed by atoms with E-state index in [0.29, 0.717) is 33.8 Å². The molecule has 0 bridgehead atoms. The Labute approximate surface area is 191 Å². The molecule has 4 aromatic heterocycles. The van der Waals surface area contributed by atoms with Crippen molar-refractivity contribution in [2.24, 2.45) is 0 Å². The van der Waals surface area contributed by atoms with Crippen LogP contribution in [0.3, 0.4) is 0 Å². The lowest BCUT2D eigenvalue weighted by molar-refractivity contribution is -0.140. The molecular weight excluding hydrogens is 447 g/mol. The monoisotopic (exact) mass is 465 g/mol. The van der Waals surface area contributed by atoms with Crippen LogP contribution in [-0.2, 0) is 6.18 Å². The fraction of sp³-hybridized carbons (Fsp3) is 0.174. The van der Waals surface area contributed by atoms with Crippen molar-refractivity contribution in [3.8, 4) is 23.0 Å². The van der Waals surface area contributed by atoms with Gasteiger partial charge in [-0.05, 0) is 49.6 Å². The molecule has 34 heavy (non-hydrogen) atoms. The van der Waals surface area contributed by atoms with Crippen molar-refractivity contribution < 1.29 is 13.2 Å². The molecule has 0 unspecified atom stereocenters. The summed E-state index contributed by atoms with van der Waals surface area (Å²) in [6.45, 7) is 4.00. The quantitative estimate of drug-likeness (QED) is 0.392. The van der Waals surface area contributed by atoms with Crippen LogP contribution < -0.4 is 5.56 Å². The molecule has 8 nitrogen and oxygen atoms in total. The van der Waals surface area contributed by atoms with Gasteiger partial charge in [-0.1, -0.05) is 12.1 Å². The molecule has 0 amide bonds. The van der Waals surface area contributed by atoms with Crippen LogP contribution >= 0.6 is 0 Å². The van der Waals surface area contributed by atoms with Crippen molar-refractivity contribution in [3.63, 3.8) is 0 Å². The number of benzene rings is 1. The van der Waals surface area contributed by atoms with Crippen LogP contribution in [0.1, 0.15) is 25.6 Å². The highest BCUT2D eigenvalue weighted by Gasteiger charge is 2.33. The largest absolute Gasteiger partial charge is 0.434 e. The molecule has 172 valence electrons. The minimum absolute atomic E-state index is 0.123. The second-order valence-electron chi connectivity index (χ2n) is 7.96. The van der Waals surface area contributed by atoms with Gasteiger partial charge in [0.2, 0.25) is 0 Å². The number of fused-ring (bicyclic) bond motifs is 1. The number of alkyl halides is 3. The summed E-state index contributed by atoms with van der Waals surface area (Å²) < 4.78 is 43.3. The minimum Gasteiger partial charge on any atom is -0.310 e. The Morgan fingerprint density at radius 2 is 1.85 bits per heavy atom. The van der Waals surface area contributed by atoms with E-state index >= 15 is 0 Å². The van der Waals surface area contributed by atoms with E-state index in [9.17, 15) is 18.0 Å². The molecule has 0 saturated carbocycles.